The lowest BCUT2D eigenvalue weighted by Gasteiger charge is -2.15. The molecule has 1 aromatic heterocycles. The number of tetrazole rings is 1. The molecule has 1 unspecified atom stereocenters. The predicted octanol–water partition coefficient (Wildman–Crippen LogP) is 1.20. The lowest BCUT2D eigenvalue weighted by Crippen LogP contribution is -2.25. The minimum atomic E-state index is -0.111. The molecule has 2 N–H and O–H groups in total. The molecule has 0 aliphatic heterocycles. The largest absolute Gasteiger partial charge is 0.398 e. The minimum absolute atomic E-state index is 0.111. The Morgan fingerprint density at radius 1 is 1.24 bits per heavy atom. The Bertz CT molecular complexity index is 611. The summed E-state index contributed by atoms with van der Waals surface area (Å²) in [7, 11) is 3.28. The van der Waals surface area contributed by atoms with E-state index in [9.17, 15) is 0 Å². The average molecular weight is 291 g/mol. The molecule has 1 atom stereocenters. The number of nitrogens with zero attached hydrogens (tertiary/aromatic N) is 4. The van der Waals surface area contributed by atoms with Crippen LogP contribution < -0.4 is 5.73 Å². The molecule has 7 heteroatoms. The van der Waals surface area contributed by atoms with Crippen molar-refractivity contribution in [2.75, 3.05) is 26.6 Å². The van der Waals surface area contributed by atoms with Gasteiger partial charge in [-0.2, -0.15) is 0 Å². The molecule has 0 radical (unpaired) electrons. The molecule has 0 saturated carbocycles. The summed E-state index contributed by atoms with van der Waals surface area (Å²) in [6.45, 7) is 4.99. The van der Waals surface area contributed by atoms with Crippen molar-refractivity contribution in [3.05, 3.63) is 23.3 Å². The number of ether oxygens (including phenoxy) is 2. The normalized spacial score (nSPS) is 12.6. The van der Waals surface area contributed by atoms with E-state index in [4.69, 9.17) is 15.2 Å². The zero-order valence-corrected chi connectivity index (χ0v) is 12.8. The number of methoxy groups -OCH3 is 2. The molecule has 2 rings (SSSR count). The quantitative estimate of drug-likeness (QED) is 0.805. The summed E-state index contributed by atoms with van der Waals surface area (Å²) in [5, 5.41) is 11.9. The lowest BCUT2D eigenvalue weighted by molar-refractivity contribution is 0.0163. The second kappa shape index (κ2) is 6.64. The third-order valence-corrected chi connectivity index (χ3v) is 3.45. The Balaban J connectivity index is 2.34. The van der Waals surface area contributed by atoms with Crippen LogP contribution in [0.25, 0.3) is 11.4 Å². The number of nitrogen functional groups attached to an aromatic ring is 1. The number of anilines is 1. The van der Waals surface area contributed by atoms with E-state index in [0.29, 0.717) is 19.0 Å². The van der Waals surface area contributed by atoms with Crippen molar-refractivity contribution in [3.63, 3.8) is 0 Å². The summed E-state index contributed by atoms with van der Waals surface area (Å²) in [5.74, 6) is 0.678. The van der Waals surface area contributed by atoms with Crippen LogP contribution in [0.2, 0.25) is 0 Å². The molecule has 1 heterocycles. The van der Waals surface area contributed by atoms with Crippen molar-refractivity contribution in [1.82, 2.24) is 20.2 Å². The second-order valence-corrected chi connectivity index (χ2v) is 5.02. The number of hydrogen-bond acceptors (Lipinski definition) is 6. The first-order valence-electron chi connectivity index (χ1n) is 6.71. The van der Waals surface area contributed by atoms with Gasteiger partial charge in [0.1, 0.15) is 6.10 Å². The fraction of sp³-hybridized carbons (Fsp3) is 0.500. The minimum Gasteiger partial charge on any atom is -0.398 e. The molecule has 0 bridgehead atoms. The van der Waals surface area contributed by atoms with Crippen LogP contribution in [0.1, 0.15) is 11.1 Å². The van der Waals surface area contributed by atoms with Gasteiger partial charge in [-0.15, -0.1) is 5.10 Å². The molecule has 2 aromatic rings. The Labute approximate surface area is 124 Å². The first-order valence-corrected chi connectivity index (χ1v) is 6.71. The topological polar surface area (TPSA) is 88.1 Å². The van der Waals surface area contributed by atoms with E-state index >= 15 is 0 Å². The number of nitrogens with two attached hydrogens (primary N) is 1. The maximum absolute atomic E-state index is 6.00. The maximum atomic E-state index is 6.00. The number of aromatic nitrogens is 4. The Morgan fingerprint density at radius 3 is 2.67 bits per heavy atom. The number of hydrogen-bond donors (Lipinski definition) is 1. The van der Waals surface area contributed by atoms with Crippen molar-refractivity contribution >= 4 is 5.69 Å². The zero-order valence-electron chi connectivity index (χ0n) is 12.8. The Kier molecular flexibility index (Phi) is 4.87. The van der Waals surface area contributed by atoms with E-state index in [2.05, 4.69) is 15.5 Å². The highest BCUT2D eigenvalue weighted by Crippen LogP contribution is 2.26. The van der Waals surface area contributed by atoms with Gasteiger partial charge in [0, 0.05) is 25.5 Å². The van der Waals surface area contributed by atoms with Crippen molar-refractivity contribution in [2.45, 2.75) is 26.5 Å². The van der Waals surface area contributed by atoms with Crippen molar-refractivity contribution in [1.29, 1.82) is 0 Å². The van der Waals surface area contributed by atoms with Gasteiger partial charge < -0.3 is 15.2 Å². The molecule has 0 spiro atoms. The number of benzene rings is 1. The van der Waals surface area contributed by atoms with Crippen LogP contribution in [0.15, 0.2) is 12.1 Å². The first-order chi connectivity index (χ1) is 10.1. The standard InChI is InChI=1S/C14H21N5O2/c1-9-5-10(2)13(15)6-12(9)14-16-17-18-19(14)7-11(21-4)8-20-3/h5-6,11H,7-8,15H2,1-4H3. The zero-order chi connectivity index (χ0) is 15.4. The van der Waals surface area contributed by atoms with E-state index in [1.54, 1.807) is 18.9 Å². The molecule has 114 valence electrons. The van der Waals surface area contributed by atoms with E-state index in [-0.39, 0.29) is 6.10 Å². The summed E-state index contributed by atoms with van der Waals surface area (Å²) >= 11 is 0. The van der Waals surface area contributed by atoms with Gasteiger partial charge in [-0.25, -0.2) is 4.68 Å². The third kappa shape index (κ3) is 3.37. The van der Waals surface area contributed by atoms with E-state index in [1.165, 1.54) is 0 Å². The molecule has 0 saturated heterocycles. The van der Waals surface area contributed by atoms with Crippen LogP contribution >= 0.6 is 0 Å². The molecule has 0 aliphatic carbocycles. The SMILES string of the molecule is COCC(Cn1nnnc1-c1cc(N)c(C)cc1C)OC. The second-order valence-electron chi connectivity index (χ2n) is 5.02. The summed E-state index contributed by atoms with van der Waals surface area (Å²) in [4.78, 5) is 0. The Morgan fingerprint density at radius 2 is 2.00 bits per heavy atom. The van der Waals surface area contributed by atoms with Crippen LogP contribution in [-0.2, 0) is 16.0 Å². The monoisotopic (exact) mass is 291 g/mol. The van der Waals surface area contributed by atoms with Crippen LogP contribution in [0, 0.1) is 13.8 Å². The van der Waals surface area contributed by atoms with E-state index in [1.807, 2.05) is 26.0 Å². The molecular weight excluding hydrogens is 270 g/mol. The van der Waals surface area contributed by atoms with Crippen molar-refractivity contribution in [2.24, 2.45) is 0 Å². The molecule has 0 fully saturated rings. The van der Waals surface area contributed by atoms with Gasteiger partial charge in [-0.05, 0) is 41.5 Å². The molecule has 21 heavy (non-hydrogen) atoms. The molecule has 0 aliphatic rings. The predicted molar refractivity (Wildman–Crippen MR) is 79.8 cm³/mol. The maximum Gasteiger partial charge on any atom is 0.182 e. The lowest BCUT2D eigenvalue weighted by atomic mass is 10.0. The number of rotatable bonds is 6. The molecule has 0 amide bonds. The molecule has 7 nitrogen and oxygen atoms in total. The average Bonchev–Trinajstić information content (AvgIpc) is 2.90. The Hall–Kier alpha value is -1.99. The third-order valence-electron chi connectivity index (χ3n) is 3.45. The van der Waals surface area contributed by atoms with Crippen LogP contribution in [-0.4, -0.2) is 47.1 Å². The van der Waals surface area contributed by atoms with Crippen LogP contribution in [0.5, 0.6) is 0 Å². The van der Waals surface area contributed by atoms with Crippen molar-refractivity contribution in [3.8, 4) is 11.4 Å². The molecule has 1 aromatic carbocycles. The van der Waals surface area contributed by atoms with E-state index in [0.717, 1.165) is 22.4 Å². The van der Waals surface area contributed by atoms with Gasteiger partial charge in [0.05, 0.1) is 13.2 Å². The van der Waals surface area contributed by atoms with Crippen LogP contribution in [0.4, 0.5) is 5.69 Å². The first kappa shape index (κ1) is 15.4. The van der Waals surface area contributed by atoms with Crippen molar-refractivity contribution < 1.29 is 9.47 Å². The fourth-order valence-electron chi connectivity index (χ4n) is 2.20. The van der Waals surface area contributed by atoms with Gasteiger partial charge in [-0.1, -0.05) is 6.07 Å². The van der Waals surface area contributed by atoms with Gasteiger partial charge >= 0.3 is 0 Å². The van der Waals surface area contributed by atoms with Gasteiger partial charge in [-0.3, -0.25) is 0 Å². The van der Waals surface area contributed by atoms with Gasteiger partial charge in [0.15, 0.2) is 5.82 Å². The highest BCUT2D eigenvalue weighted by atomic mass is 16.5. The van der Waals surface area contributed by atoms with Gasteiger partial charge in [0.25, 0.3) is 0 Å². The smallest absolute Gasteiger partial charge is 0.182 e. The highest BCUT2D eigenvalue weighted by Gasteiger charge is 2.16. The summed E-state index contributed by atoms with van der Waals surface area (Å²) in [6, 6.07) is 3.94. The van der Waals surface area contributed by atoms with Gasteiger partial charge in [0.2, 0.25) is 0 Å². The number of aryl methyl sites for hydroxylation is 2. The van der Waals surface area contributed by atoms with E-state index < -0.39 is 0 Å². The summed E-state index contributed by atoms with van der Waals surface area (Å²) < 4.78 is 12.2. The fourth-order valence-corrected chi connectivity index (χ4v) is 2.20. The summed E-state index contributed by atoms with van der Waals surface area (Å²) in [5.41, 5.74) is 9.78. The molecular formula is C14H21N5O2. The van der Waals surface area contributed by atoms with Crippen LogP contribution in [0.3, 0.4) is 0 Å². The summed E-state index contributed by atoms with van der Waals surface area (Å²) in [6.07, 6.45) is -0.111. The highest BCUT2D eigenvalue weighted by molar-refractivity contribution is 5.67.